The molecule has 0 bridgehead atoms. The zero-order valence-electron chi connectivity index (χ0n) is 4.22. The first-order valence-electron chi connectivity index (χ1n) is 2.23. The number of rotatable bonds is 0. The predicted octanol–water partition coefficient (Wildman–Crippen LogP) is 0.667. The Hall–Kier alpha value is 0.650. The van der Waals surface area contributed by atoms with Gasteiger partial charge in [0.25, 0.3) is 0 Å². The molecule has 1 aliphatic rings. The van der Waals surface area contributed by atoms with E-state index in [-0.39, 0.29) is 0 Å². The van der Waals surface area contributed by atoms with Gasteiger partial charge >= 0.3 is 0 Å². The van der Waals surface area contributed by atoms with Crippen molar-refractivity contribution in [1.82, 2.24) is 4.90 Å². The molecule has 0 aromatic rings. The second kappa shape index (κ2) is 2.28. The molecule has 0 amide bonds. The number of halogens is 1. The van der Waals surface area contributed by atoms with Gasteiger partial charge in [-0.05, 0) is 29.6 Å². The van der Waals surface area contributed by atoms with E-state index in [4.69, 9.17) is 4.74 Å². The highest BCUT2D eigenvalue weighted by atomic mass is 127. The Labute approximate surface area is 57.0 Å². The van der Waals surface area contributed by atoms with E-state index in [9.17, 15) is 0 Å². The Morgan fingerprint density at radius 2 is 2.57 bits per heavy atom. The molecule has 42 valence electrons. The summed E-state index contributed by atoms with van der Waals surface area (Å²) in [6.45, 7) is 1.87. The summed E-state index contributed by atoms with van der Waals surface area (Å²) < 4.78 is 5.60. The summed E-state index contributed by atoms with van der Waals surface area (Å²) >= 11 is 2.28. The molecule has 1 rings (SSSR count). The Bertz CT molecular complexity index is 60.7. The van der Waals surface area contributed by atoms with Gasteiger partial charge < -0.3 is 4.74 Å². The number of likely N-dealkylation sites (N-methyl/N-ethyl adjacent to an activating group) is 1. The van der Waals surface area contributed by atoms with E-state index in [0.29, 0.717) is 4.11 Å². The molecule has 0 spiro atoms. The Balaban J connectivity index is 2.26. The second-order valence-corrected chi connectivity index (χ2v) is 3.13. The number of ether oxygens (including phenoxy) is 1. The van der Waals surface area contributed by atoms with E-state index in [1.54, 1.807) is 0 Å². The normalized spacial score (nSPS) is 34.3. The molecule has 1 saturated heterocycles. The lowest BCUT2D eigenvalue weighted by Crippen LogP contribution is -2.13. The summed E-state index contributed by atoms with van der Waals surface area (Å²) in [5.74, 6) is 0. The molecule has 3 heteroatoms. The van der Waals surface area contributed by atoms with E-state index in [2.05, 4.69) is 34.5 Å². The van der Waals surface area contributed by atoms with Gasteiger partial charge in [-0.3, -0.25) is 4.90 Å². The van der Waals surface area contributed by atoms with Crippen LogP contribution < -0.4 is 0 Å². The molecule has 7 heavy (non-hydrogen) atoms. The molecule has 1 fully saturated rings. The molecule has 1 heterocycles. The molecule has 1 unspecified atom stereocenters. The van der Waals surface area contributed by atoms with Crippen LogP contribution in [-0.2, 0) is 4.74 Å². The van der Waals surface area contributed by atoms with Crippen molar-refractivity contribution in [3.05, 3.63) is 0 Å². The second-order valence-electron chi connectivity index (χ2n) is 1.74. The van der Waals surface area contributed by atoms with Crippen molar-refractivity contribution in [2.45, 2.75) is 4.11 Å². The third-order valence-corrected chi connectivity index (χ3v) is 1.68. The molecule has 0 aromatic carbocycles. The fourth-order valence-electron chi connectivity index (χ4n) is 0.559. The van der Waals surface area contributed by atoms with Gasteiger partial charge in [-0.15, -0.1) is 0 Å². The molecule has 2 nitrogen and oxygen atoms in total. The fraction of sp³-hybridized carbons (Fsp3) is 1.00. The van der Waals surface area contributed by atoms with Crippen LogP contribution in [0.2, 0.25) is 0 Å². The first kappa shape index (κ1) is 5.78. The van der Waals surface area contributed by atoms with Crippen LogP contribution in [-0.4, -0.2) is 29.3 Å². The summed E-state index contributed by atoms with van der Waals surface area (Å²) in [4.78, 5) is 2.15. The highest BCUT2D eigenvalue weighted by Crippen LogP contribution is 2.10. The maximum atomic E-state index is 5.18. The highest BCUT2D eigenvalue weighted by molar-refractivity contribution is 14.1. The zero-order valence-corrected chi connectivity index (χ0v) is 6.38. The van der Waals surface area contributed by atoms with Gasteiger partial charge in [-0.1, -0.05) is 0 Å². The average molecular weight is 213 g/mol. The zero-order chi connectivity index (χ0) is 5.28. The quantitative estimate of drug-likeness (QED) is 0.433. The minimum absolute atomic E-state index is 0.419. The van der Waals surface area contributed by atoms with Crippen molar-refractivity contribution in [1.29, 1.82) is 0 Å². The number of alkyl halides is 1. The first-order chi connectivity index (χ1) is 3.29. The van der Waals surface area contributed by atoms with Gasteiger partial charge in [0.05, 0.1) is 0 Å². The Kier molecular flexibility index (Phi) is 1.88. The third-order valence-electron chi connectivity index (χ3n) is 0.931. The summed E-state index contributed by atoms with van der Waals surface area (Å²) in [6.07, 6.45) is 0. The van der Waals surface area contributed by atoms with E-state index < -0.39 is 0 Å². The molecule has 0 aliphatic carbocycles. The average Bonchev–Trinajstić information content (AvgIpc) is 1.87. The van der Waals surface area contributed by atoms with Gasteiger partial charge in [-0.25, -0.2) is 0 Å². The fourth-order valence-corrected chi connectivity index (χ4v) is 1.39. The lowest BCUT2D eigenvalue weighted by molar-refractivity contribution is 0.146. The number of hydrogen-bond acceptors (Lipinski definition) is 2. The van der Waals surface area contributed by atoms with E-state index >= 15 is 0 Å². The van der Waals surface area contributed by atoms with Gasteiger partial charge in [0.2, 0.25) is 0 Å². The summed E-state index contributed by atoms with van der Waals surface area (Å²) in [6, 6.07) is 0. The van der Waals surface area contributed by atoms with Crippen LogP contribution in [0.1, 0.15) is 0 Å². The van der Waals surface area contributed by atoms with Crippen molar-refractivity contribution in [2.24, 2.45) is 0 Å². The largest absolute Gasteiger partial charge is 0.351 e. The van der Waals surface area contributed by atoms with Crippen LogP contribution in [0.15, 0.2) is 0 Å². The molecule has 0 aromatic heterocycles. The van der Waals surface area contributed by atoms with Gasteiger partial charge in [-0.2, -0.15) is 0 Å². The standard InChI is InChI=1S/C4H8INO/c1-6-2-4(5)7-3-6/h4H,2-3H2,1H3. The molecule has 1 atom stereocenters. The van der Waals surface area contributed by atoms with Crippen LogP contribution in [0.4, 0.5) is 0 Å². The summed E-state index contributed by atoms with van der Waals surface area (Å²) in [7, 11) is 2.05. The lowest BCUT2D eigenvalue weighted by atomic mass is 10.7. The van der Waals surface area contributed by atoms with Crippen LogP contribution in [0.5, 0.6) is 0 Å². The van der Waals surface area contributed by atoms with Crippen molar-refractivity contribution in [3.63, 3.8) is 0 Å². The molecule has 0 saturated carbocycles. The van der Waals surface area contributed by atoms with Crippen LogP contribution in [0, 0.1) is 0 Å². The van der Waals surface area contributed by atoms with Crippen molar-refractivity contribution in [2.75, 3.05) is 20.3 Å². The number of nitrogens with zero attached hydrogens (tertiary/aromatic N) is 1. The summed E-state index contributed by atoms with van der Waals surface area (Å²) in [5, 5.41) is 0. The SMILES string of the molecule is CN1COC(I)C1. The van der Waals surface area contributed by atoms with Crippen molar-refractivity contribution >= 4 is 22.6 Å². The van der Waals surface area contributed by atoms with Gasteiger partial charge in [0.15, 0.2) is 0 Å². The van der Waals surface area contributed by atoms with E-state index in [1.165, 1.54) is 0 Å². The highest BCUT2D eigenvalue weighted by Gasteiger charge is 2.15. The monoisotopic (exact) mass is 213 g/mol. The topological polar surface area (TPSA) is 12.5 Å². The molecule has 0 N–H and O–H groups in total. The maximum Gasteiger partial charge on any atom is 0.123 e. The maximum absolute atomic E-state index is 5.18. The van der Waals surface area contributed by atoms with E-state index in [0.717, 1.165) is 13.3 Å². The lowest BCUT2D eigenvalue weighted by Gasteiger charge is -1.99. The van der Waals surface area contributed by atoms with Gasteiger partial charge in [0.1, 0.15) is 10.8 Å². The first-order valence-corrected chi connectivity index (χ1v) is 3.48. The molecule has 0 radical (unpaired) electrons. The Morgan fingerprint density at radius 1 is 1.86 bits per heavy atom. The van der Waals surface area contributed by atoms with E-state index in [1.807, 2.05) is 0 Å². The summed E-state index contributed by atoms with van der Waals surface area (Å²) in [5.41, 5.74) is 0. The molecular formula is C4H8INO. The molecule has 1 aliphatic heterocycles. The van der Waals surface area contributed by atoms with Crippen molar-refractivity contribution < 1.29 is 4.74 Å². The number of hydrogen-bond donors (Lipinski definition) is 0. The van der Waals surface area contributed by atoms with Gasteiger partial charge in [0, 0.05) is 6.54 Å². The smallest absolute Gasteiger partial charge is 0.123 e. The minimum Gasteiger partial charge on any atom is -0.351 e. The molecular weight excluding hydrogens is 205 g/mol. The predicted molar refractivity (Wildman–Crippen MR) is 36.4 cm³/mol. The third kappa shape index (κ3) is 1.54. The van der Waals surface area contributed by atoms with Crippen LogP contribution in [0.25, 0.3) is 0 Å². The van der Waals surface area contributed by atoms with Crippen LogP contribution >= 0.6 is 22.6 Å². The van der Waals surface area contributed by atoms with Crippen molar-refractivity contribution in [3.8, 4) is 0 Å². The minimum atomic E-state index is 0.419. The van der Waals surface area contributed by atoms with Crippen LogP contribution in [0.3, 0.4) is 0 Å². The Morgan fingerprint density at radius 3 is 2.71 bits per heavy atom.